The fourth-order valence-electron chi connectivity index (χ4n) is 0.675. The molecule has 1 aliphatic heterocycles. The Morgan fingerprint density at radius 2 is 2.09 bits per heavy atom. The molecule has 0 N–H and O–H groups in total. The first-order chi connectivity index (χ1) is 5.35. The highest BCUT2D eigenvalue weighted by atomic mass is 16.5. The molecule has 0 radical (unpaired) electrons. The molecular formula is C9H16O2. The van der Waals surface area contributed by atoms with Crippen LogP contribution in [0.5, 0.6) is 0 Å². The predicted molar refractivity (Wildman–Crippen MR) is 46.1 cm³/mol. The Balaban J connectivity index is 0.000000187. The van der Waals surface area contributed by atoms with Crippen molar-refractivity contribution in [2.75, 3.05) is 6.61 Å². The van der Waals surface area contributed by atoms with Crippen molar-refractivity contribution in [3.8, 4) is 0 Å². The molecule has 64 valence electrons. The van der Waals surface area contributed by atoms with Gasteiger partial charge in [-0.2, -0.15) is 0 Å². The molecular weight excluding hydrogens is 140 g/mol. The van der Waals surface area contributed by atoms with E-state index in [9.17, 15) is 0 Å². The van der Waals surface area contributed by atoms with Gasteiger partial charge in [-0.3, -0.25) is 0 Å². The maximum atomic E-state index is 5.08. The predicted octanol–water partition coefficient (Wildman–Crippen LogP) is 2.48. The molecule has 1 aliphatic rings. The maximum absolute atomic E-state index is 5.08. The minimum absolute atomic E-state index is 0.616. The summed E-state index contributed by atoms with van der Waals surface area (Å²) >= 11 is 0. The van der Waals surface area contributed by atoms with E-state index in [1.807, 2.05) is 0 Å². The quantitative estimate of drug-likeness (QED) is 0.584. The lowest BCUT2D eigenvalue weighted by atomic mass is 10.1. The van der Waals surface area contributed by atoms with Crippen LogP contribution < -0.4 is 0 Å². The van der Waals surface area contributed by atoms with Gasteiger partial charge < -0.3 is 9.47 Å². The smallest absolute Gasteiger partial charge is 0.0829 e. The summed E-state index contributed by atoms with van der Waals surface area (Å²) in [5.41, 5.74) is 0. The van der Waals surface area contributed by atoms with Gasteiger partial charge in [0.15, 0.2) is 0 Å². The Morgan fingerprint density at radius 3 is 2.09 bits per heavy atom. The lowest BCUT2D eigenvalue weighted by molar-refractivity contribution is -0.0516. The van der Waals surface area contributed by atoms with Crippen LogP contribution in [0.3, 0.4) is 0 Å². The van der Waals surface area contributed by atoms with Gasteiger partial charge in [0.2, 0.25) is 0 Å². The first-order valence-corrected chi connectivity index (χ1v) is 3.84. The normalized spacial score (nSPS) is 20.3. The topological polar surface area (TPSA) is 18.5 Å². The van der Waals surface area contributed by atoms with Crippen LogP contribution in [0.1, 0.15) is 19.8 Å². The van der Waals surface area contributed by atoms with Gasteiger partial charge in [-0.15, -0.1) is 0 Å². The summed E-state index contributed by atoms with van der Waals surface area (Å²) < 4.78 is 9.44. The summed E-state index contributed by atoms with van der Waals surface area (Å²) in [6, 6.07) is 0. The minimum Gasteiger partial charge on any atom is -0.474 e. The Labute approximate surface area is 68.5 Å². The van der Waals surface area contributed by atoms with Crippen molar-refractivity contribution < 1.29 is 9.47 Å². The van der Waals surface area contributed by atoms with Crippen LogP contribution in [0, 0.1) is 0 Å². The highest BCUT2D eigenvalue weighted by molar-refractivity contribution is 4.62. The van der Waals surface area contributed by atoms with Crippen LogP contribution in [0.2, 0.25) is 0 Å². The Bertz CT molecular complexity index is 97.4. The summed E-state index contributed by atoms with van der Waals surface area (Å²) in [5.74, 6) is 0. The van der Waals surface area contributed by atoms with Gasteiger partial charge in [0.25, 0.3) is 0 Å². The third-order valence-electron chi connectivity index (χ3n) is 1.44. The lowest BCUT2D eigenvalue weighted by Gasteiger charge is -2.24. The van der Waals surface area contributed by atoms with E-state index in [-0.39, 0.29) is 0 Å². The van der Waals surface area contributed by atoms with E-state index in [2.05, 4.69) is 24.8 Å². The number of hydrogen-bond donors (Lipinski definition) is 0. The van der Waals surface area contributed by atoms with E-state index in [0.29, 0.717) is 6.10 Å². The SMILES string of the molecule is C=COC=C.CCC1CCO1. The van der Waals surface area contributed by atoms with Crippen molar-refractivity contribution >= 4 is 0 Å². The highest BCUT2D eigenvalue weighted by Crippen LogP contribution is 2.12. The molecule has 0 spiro atoms. The lowest BCUT2D eigenvalue weighted by Crippen LogP contribution is -2.25. The summed E-state index contributed by atoms with van der Waals surface area (Å²) in [4.78, 5) is 0. The van der Waals surface area contributed by atoms with E-state index in [1.165, 1.54) is 25.4 Å². The van der Waals surface area contributed by atoms with Crippen molar-refractivity contribution in [2.24, 2.45) is 0 Å². The molecule has 0 saturated carbocycles. The molecule has 1 unspecified atom stereocenters. The summed E-state index contributed by atoms with van der Waals surface area (Å²) in [6.07, 6.45) is 5.72. The van der Waals surface area contributed by atoms with Crippen molar-refractivity contribution in [1.82, 2.24) is 0 Å². The van der Waals surface area contributed by atoms with Crippen LogP contribution in [0.25, 0.3) is 0 Å². The molecule has 1 heterocycles. The number of hydrogen-bond acceptors (Lipinski definition) is 2. The Morgan fingerprint density at radius 1 is 1.55 bits per heavy atom. The average Bonchev–Trinajstić information content (AvgIpc) is 1.88. The minimum atomic E-state index is 0.616. The monoisotopic (exact) mass is 156 g/mol. The van der Waals surface area contributed by atoms with Gasteiger partial charge in [-0.1, -0.05) is 20.1 Å². The zero-order valence-corrected chi connectivity index (χ0v) is 7.08. The molecule has 2 nitrogen and oxygen atoms in total. The Hall–Kier alpha value is -0.760. The number of ether oxygens (including phenoxy) is 2. The molecule has 0 aromatic carbocycles. The molecule has 1 fully saturated rings. The second-order valence-electron chi connectivity index (χ2n) is 2.16. The molecule has 1 rings (SSSR count). The first kappa shape index (κ1) is 10.2. The molecule has 0 aromatic rings. The van der Waals surface area contributed by atoms with Crippen LogP contribution in [-0.4, -0.2) is 12.7 Å². The van der Waals surface area contributed by atoms with Crippen LogP contribution in [0.15, 0.2) is 25.7 Å². The van der Waals surface area contributed by atoms with E-state index in [1.54, 1.807) is 0 Å². The molecule has 1 atom stereocenters. The van der Waals surface area contributed by atoms with Crippen molar-refractivity contribution in [3.05, 3.63) is 25.7 Å². The molecule has 1 saturated heterocycles. The number of rotatable bonds is 3. The molecule has 0 bridgehead atoms. The van der Waals surface area contributed by atoms with Gasteiger partial charge in [0.1, 0.15) is 0 Å². The zero-order valence-electron chi connectivity index (χ0n) is 7.08. The second kappa shape index (κ2) is 7.35. The highest BCUT2D eigenvalue weighted by Gasteiger charge is 2.13. The molecule has 11 heavy (non-hydrogen) atoms. The zero-order chi connectivity index (χ0) is 8.53. The average molecular weight is 156 g/mol. The molecule has 2 heteroatoms. The third-order valence-corrected chi connectivity index (χ3v) is 1.44. The van der Waals surface area contributed by atoms with Crippen LogP contribution in [0.4, 0.5) is 0 Å². The van der Waals surface area contributed by atoms with E-state index in [0.717, 1.165) is 6.61 Å². The van der Waals surface area contributed by atoms with Gasteiger partial charge in [-0.25, -0.2) is 0 Å². The first-order valence-electron chi connectivity index (χ1n) is 3.84. The van der Waals surface area contributed by atoms with Gasteiger partial charge in [0, 0.05) is 6.61 Å². The van der Waals surface area contributed by atoms with E-state index in [4.69, 9.17) is 4.74 Å². The van der Waals surface area contributed by atoms with Gasteiger partial charge in [-0.05, 0) is 12.8 Å². The fraction of sp³-hybridized carbons (Fsp3) is 0.556. The van der Waals surface area contributed by atoms with Crippen molar-refractivity contribution in [2.45, 2.75) is 25.9 Å². The van der Waals surface area contributed by atoms with Crippen LogP contribution >= 0.6 is 0 Å². The molecule has 0 amide bonds. The van der Waals surface area contributed by atoms with Crippen LogP contribution in [-0.2, 0) is 9.47 Å². The maximum Gasteiger partial charge on any atom is 0.0829 e. The van der Waals surface area contributed by atoms with Gasteiger partial charge in [0.05, 0.1) is 18.6 Å². The summed E-state index contributed by atoms with van der Waals surface area (Å²) in [7, 11) is 0. The Kier molecular flexibility index (Phi) is 6.84. The third kappa shape index (κ3) is 5.67. The van der Waals surface area contributed by atoms with E-state index >= 15 is 0 Å². The second-order valence-corrected chi connectivity index (χ2v) is 2.16. The van der Waals surface area contributed by atoms with Crippen molar-refractivity contribution in [3.63, 3.8) is 0 Å². The fourth-order valence-corrected chi connectivity index (χ4v) is 0.675. The van der Waals surface area contributed by atoms with E-state index < -0.39 is 0 Å². The molecule has 0 aliphatic carbocycles. The van der Waals surface area contributed by atoms with Gasteiger partial charge >= 0.3 is 0 Å². The molecule has 0 aromatic heterocycles. The van der Waals surface area contributed by atoms with Crippen molar-refractivity contribution in [1.29, 1.82) is 0 Å². The summed E-state index contributed by atoms with van der Waals surface area (Å²) in [6.45, 7) is 9.67. The largest absolute Gasteiger partial charge is 0.474 e. The summed E-state index contributed by atoms with van der Waals surface area (Å²) in [5, 5.41) is 0. The standard InChI is InChI=1S/C5H10O.C4H6O/c1-2-5-3-4-6-5;1-3-5-4-2/h5H,2-4H2,1H3;3-4H,1-2H2.